The van der Waals surface area contributed by atoms with Crippen LogP contribution in [0.5, 0.6) is 0 Å². The van der Waals surface area contributed by atoms with E-state index in [4.69, 9.17) is 16.3 Å². The lowest BCUT2D eigenvalue weighted by molar-refractivity contribution is -0.136. The summed E-state index contributed by atoms with van der Waals surface area (Å²) < 4.78 is 59.1. The second-order valence-electron chi connectivity index (χ2n) is 5.99. The van der Waals surface area contributed by atoms with E-state index in [0.717, 1.165) is 16.8 Å². The molecule has 0 aliphatic heterocycles. The van der Waals surface area contributed by atoms with Crippen LogP contribution in [0.3, 0.4) is 0 Å². The number of carbonyl (C=O) groups excluding carboxylic acids is 1. The van der Waals surface area contributed by atoms with Gasteiger partial charge < -0.3 is 4.74 Å². The quantitative estimate of drug-likeness (QED) is 0.514. The summed E-state index contributed by atoms with van der Waals surface area (Å²) in [5.41, 5.74) is -2.41. The van der Waals surface area contributed by atoms with Crippen molar-refractivity contribution in [3.8, 4) is 0 Å². The van der Waals surface area contributed by atoms with E-state index in [-0.39, 0.29) is 16.8 Å². The minimum absolute atomic E-state index is 0.0711. The summed E-state index contributed by atoms with van der Waals surface area (Å²) in [5, 5.41) is -0.0711. The Kier molecular flexibility index (Phi) is 4.36. The third kappa shape index (κ3) is 3.60. The van der Waals surface area contributed by atoms with E-state index in [1.54, 1.807) is 20.8 Å². The summed E-state index contributed by atoms with van der Waals surface area (Å²) in [4.78, 5) is 12.2. The predicted octanol–water partition coefficient (Wildman–Crippen LogP) is 5.32. The van der Waals surface area contributed by atoms with Crippen molar-refractivity contribution in [2.24, 2.45) is 0 Å². The summed E-state index contributed by atoms with van der Waals surface area (Å²) in [6.07, 6.45) is -4.68. The van der Waals surface area contributed by atoms with E-state index in [0.29, 0.717) is 6.07 Å². The first-order chi connectivity index (χ1) is 10.4. The van der Waals surface area contributed by atoms with E-state index in [1.807, 2.05) is 0 Å². The standard InChI is InChI=1S/C15H14ClF4NO2/c1-14(2,3)23-13(22)21-7-8(6-16)10-4-9(17)5-11(12(10)21)15(18,19)20/h4-5,7H,6H2,1-3H3. The molecule has 0 aliphatic carbocycles. The summed E-state index contributed by atoms with van der Waals surface area (Å²) in [7, 11) is 0. The van der Waals surface area contributed by atoms with Gasteiger partial charge in [0.05, 0.1) is 11.1 Å². The van der Waals surface area contributed by atoms with E-state index in [1.165, 1.54) is 0 Å². The minimum Gasteiger partial charge on any atom is -0.443 e. The number of rotatable bonds is 1. The molecular weight excluding hydrogens is 338 g/mol. The number of ether oxygens (including phenoxy) is 1. The molecule has 8 heteroatoms. The van der Waals surface area contributed by atoms with Crippen molar-refractivity contribution < 1.29 is 27.1 Å². The third-order valence-electron chi connectivity index (χ3n) is 2.99. The average Bonchev–Trinajstić information content (AvgIpc) is 2.73. The molecule has 126 valence electrons. The fraction of sp³-hybridized carbons (Fsp3) is 0.400. The largest absolute Gasteiger partial charge is 0.443 e. The summed E-state index contributed by atoms with van der Waals surface area (Å²) >= 11 is 5.71. The van der Waals surface area contributed by atoms with Gasteiger partial charge in [-0.15, -0.1) is 11.6 Å². The van der Waals surface area contributed by atoms with Crippen LogP contribution in [0.4, 0.5) is 22.4 Å². The van der Waals surface area contributed by atoms with Crippen LogP contribution < -0.4 is 0 Å². The van der Waals surface area contributed by atoms with E-state index < -0.39 is 34.8 Å². The van der Waals surface area contributed by atoms with Crippen molar-refractivity contribution in [2.45, 2.75) is 38.4 Å². The number of alkyl halides is 4. The molecule has 0 amide bonds. The fourth-order valence-corrected chi connectivity index (χ4v) is 2.38. The Hall–Kier alpha value is -1.76. The molecule has 2 rings (SSSR count). The Bertz CT molecular complexity index is 759. The topological polar surface area (TPSA) is 31.2 Å². The van der Waals surface area contributed by atoms with Gasteiger partial charge in [0.1, 0.15) is 11.4 Å². The number of hydrogen-bond acceptors (Lipinski definition) is 2. The van der Waals surface area contributed by atoms with Crippen LogP contribution in [-0.2, 0) is 16.8 Å². The summed E-state index contributed by atoms with van der Waals surface area (Å²) in [5.74, 6) is -1.23. The number of nitrogens with zero attached hydrogens (tertiary/aromatic N) is 1. The van der Waals surface area contributed by atoms with Gasteiger partial charge in [0.2, 0.25) is 0 Å². The lowest BCUT2D eigenvalue weighted by atomic mass is 10.1. The van der Waals surface area contributed by atoms with Crippen molar-refractivity contribution >= 4 is 28.6 Å². The molecule has 2 aromatic rings. The number of carbonyl (C=O) groups is 1. The fourth-order valence-electron chi connectivity index (χ4n) is 2.17. The molecule has 0 saturated heterocycles. The van der Waals surface area contributed by atoms with Crippen molar-refractivity contribution in [3.63, 3.8) is 0 Å². The molecule has 0 unspecified atom stereocenters. The van der Waals surface area contributed by atoms with Crippen molar-refractivity contribution in [1.29, 1.82) is 0 Å². The van der Waals surface area contributed by atoms with E-state index in [9.17, 15) is 22.4 Å². The molecule has 1 heterocycles. The normalized spacial score (nSPS) is 12.7. The maximum atomic E-state index is 13.6. The smallest absolute Gasteiger partial charge is 0.419 e. The number of fused-ring (bicyclic) bond motifs is 1. The van der Waals surface area contributed by atoms with Crippen LogP contribution in [0.1, 0.15) is 31.9 Å². The van der Waals surface area contributed by atoms with Gasteiger partial charge in [-0.05, 0) is 38.5 Å². The highest BCUT2D eigenvalue weighted by Gasteiger charge is 2.36. The third-order valence-corrected chi connectivity index (χ3v) is 3.27. The second-order valence-corrected chi connectivity index (χ2v) is 6.25. The number of aromatic nitrogens is 1. The van der Waals surface area contributed by atoms with Crippen molar-refractivity contribution in [1.82, 2.24) is 4.57 Å². The van der Waals surface area contributed by atoms with Gasteiger partial charge >= 0.3 is 12.3 Å². The molecule has 0 N–H and O–H groups in total. The van der Waals surface area contributed by atoms with Gasteiger partial charge in [-0.25, -0.2) is 9.18 Å². The Balaban J connectivity index is 2.78. The Labute approximate surface area is 134 Å². The molecule has 0 bridgehead atoms. The first-order valence-electron chi connectivity index (χ1n) is 6.64. The van der Waals surface area contributed by atoms with Gasteiger partial charge in [0.15, 0.2) is 0 Å². The van der Waals surface area contributed by atoms with Gasteiger partial charge in [-0.3, -0.25) is 4.57 Å². The molecular formula is C15H14ClF4NO2. The van der Waals surface area contributed by atoms with Crippen molar-refractivity contribution in [2.75, 3.05) is 0 Å². The lowest BCUT2D eigenvalue weighted by Gasteiger charge is -2.20. The number of halogens is 5. The molecule has 0 radical (unpaired) electrons. The Morgan fingerprint density at radius 3 is 2.35 bits per heavy atom. The molecule has 3 nitrogen and oxygen atoms in total. The first-order valence-corrected chi connectivity index (χ1v) is 7.17. The Morgan fingerprint density at radius 1 is 1.26 bits per heavy atom. The highest BCUT2D eigenvalue weighted by Crippen LogP contribution is 2.38. The Morgan fingerprint density at radius 2 is 1.87 bits per heavy atom. The van der Waals surface area contributed by atoms with Gasteiger partial charge in [0.25, 0.3) is 0 Å². The zero-order valence-corrected chi connectivity index (χ0v) is 13.3. The maximum absolute atomic E-state index is 13.6. The zero-order chi connectivity index (χ0) is 17.6. The van der Waals surface area contributed by atoms with Crippen LogP contribution in [-0.4, -0.2) is 16.3 Å². The van der Waals surface area contributed by atoms with Gasteiger partial charge in [-0.2, -0.15) is 13.2 Å². The molecule has 0 fully saturated rings. The van der Waals surface area contributed by atoms with Crippen LogP contribution >= 0.6 is 11.6 Å². The minimum atomic E-state index is -4.83. The van der Waals surface area contributed by atoms with E-state index in [2.05, 4.69) is 0 Å². The molecule has 0 aliphatic rings. The van der Waals surface area contributed by atoms with Gasteiger partial charge in [-0.1, -0.05) is 0 Å². The second kappa shape index (κ2) is 5.70. The highest BCUT2D eigenvalue weighted by atomic mass is 35.5. The van der Waals surface area contributed by atoms with Gasteiger partial charge in [0, 0.05) is 17.5 Å². The maximum Gasteiger partial charge on any atom is 0.419 e. The highest BCUT2D eigenvalue weighted by molar-refractivity contribution is 6.18. The molecule has 1 aromatic heterocycles. The molecule has 23 heavy (non-hydrogen) atoms. The molecule has 1 aromatic carbocycles. The monoisotopic (exact) mass is 351 g/mol. The van der Waals surface area contributed by atoms with Crippen molar-refractivity contribution in [3.05, 3.63) is 35.3 Å². The first kappa shape index (κ1) is 17.6. The van der Waals surface area contributed by atoms with Crippen LogP contribution in [0, 0.1) is 5.82 Å². The molecule has 0 atom stereocenters. The SMILES string of the molecule is CC(C)(C)OC(=O)n1cc(CCl)c2cc(F)cc(C(F)(F)F)c21. The van der Waals surface area contributed by atoms with Crippen LogP contribution in [0.15, 0.2) is 18.3 Å². The zero-order valence-electron chi connectivity index (χ0n) is 12.6. The molecule has 0 spiro atoms. The van der Waals surface area contributed by atoms with Crippen LogP contribution in [0.25, 0.3) is 10.9 Å². The number of hydrogen-bond donors (Lipinski definition) is 0. The summed E-state index contributed by atoms with van der Waals surface area (Å²) in [6, 6.07) is 1.27. The predicted molar refractivity (Wildman–Crippen MR) is 78.1 cm³/mol. The van der Waals surface area contributed by atoms with E-state index >= 15 is 0 Å². The summed E-state index contributed by atoms with van der Waals surface area (Å²) in [6.45, 7) is 4.76. The average molecular weight is 352 g/mol. The lowest BCUT2D eigenvalue weighted by Crippen LogP contribution is -2.27. The number of benzene rings is 1. The molecule has 0 saturated carbocycles. The van der Waals surface area contributed by atoms with Crippen LogP contribution in [0.2, 0.25) is 0 Å².